The van der Waals surface area contributed by atoms with Crippen LogP contribution in [-0.4, -0.2) is 25.3 Å². The summed E-state index contributed by atoms with van der Waals surface area (Å²) < 4.78 is 10.1. The molecule has 0 saturated carbocycles. The maximum atomic E-state index is 11.5. The fourth-order valence-corrected chi connectivity index (χ4v) is 3.15. The van der Waals surface area contributed by atoms with Gasteiger partial charge in [0.2, 0.25) is 0 Å². The molecule has 0 unspecified atom stereocenters. The molecule has 4 aromatic rings. The summed E-state index contributed by atoms with van der Waals surface area (Å²) in [4.78, 5) is 16.3. The van der Waals surface area contributed by atoms with E-state index in [-0.39, 0.29) is 12.4 Å². The number of rotatable bonds is 4. The Morgan fingerprint density at radius 3 is 2.10 bits per heavy atom. The lowest BCUT2D eigenvalue weighted by Gasteiger charge is -2.15. The second-order valence-corrected chi connectivity index (χ2v) is 6.18. The molecule has 0 radical (unpaired) electrons. The molecule has 0 aliphatic carbocycles. The minimum absolute atomic E-state index is 0. The molecule has 0 aliphatic rings. The predicted molar refractivity (Wildman–Crippen MR) is 119 cm³/mol. The van der Waals surface area contributed by atoms with Crippen LogP contribution in [0.5, 0.6) is 5.75 Å². The second-order valence-electron chi connectivity index (χ2n) is 6.18. The molecular weight excluding hydrogens is 390 g/mol. The molecule has 0 atom stereocenters. The number of anilines is 3. The van der Waals surface area contributed by atoms with Crippen LogP contribution in [0.15, 0.2) is 66.7 Å². The minimum atomic E-state index is -0.551. The van der Waals surface area contributed by atoms with Gasteiger partial charge in [-0.05, 0) is 24.3 Å². The van der Waals surface area contributed by atoms with Crippen molar-refractivity contribution >= 4 is 57.4 Å². The summed E-state index contributed by atoms with van der Waals surface area (Å²) in [6.45, 7) is 0. The number of carbonyl (C=O) groups is 1. The summed E-state index contributed by atoms with van der Waals surface area (Å²) in [6, 6.07) is 21.5. The first kappa shape index (κ1) is 20.2. The summed E-state index contributed by atoms with van der Waals surface area (Å²) in [5.41, 5.74) is 4.16. The number of halogens is 1. The van der Waals surface area contributed by atoms with Gasteiger partial charge in [-0.3, -0.25) is 5.32 Å². The van der Waals surface area contributed by atoms with E-state index in [1.807, 2.05) is 60.7 Å². The highest BCUT2D eigenvalue weighted by molar-refractivity contribution is 6.08. The topological polar surface area (TPSA) is 72.5 Å². The Morgan fingerprint density at radius 1 is 0.897 bits per heavy atom. The zero-order valence-electron chi connectivity index (χ0n) is 15.9. The standard InChI is InChI=1S/C22H19N3O3.ClH/c1-27-20-13-14(11-12-19(20)25-22(26)28-2)23-21-15-7-3-5-9-17(15)24-18-10-6-4-8-16(18)21;/h3-13H,1-2H3,(H,23,24)(H,25,26);1H. The number of para-hydroxylation sites is 2. The zero-order chi connectivity index (χ0) is 19.5. The van der Waals surface area contributed by atoms with E-state index >= 15 is 0 Å². The third-order valence-electron chi connectivity index (χ3n) is 4.48. The van der Waals surface area contributed by atoms with Crippen molar-refractivity contribution in [3.8, 4) is 5.75 Å². The molecule has 0 fully saturated rings. The molecule has 0 bridgehead atoms. The lowest BCUT2D eigenvalue weighted by molar-refractivity contribution is 0.187. The molecule has 29 heavy (non-hydrogen) atoms. The maximum absolute atomic E-state index is 11.5. The number of nitrogens with one attached hydrogen (secondary N) is 2. The number of hydrogen-bond acceptors (Lipinski definition) is 5. The molecule has 6 nitrogen and oxygen atoms in total. The minimum Gasteiger partial charge on any atom is -0.494 e. The largest absolute Gasteiger partial charge is 0.494 e. The fourth-order valence-electron chi connectivity index (χ4n) is 3.15. The molecule has 1 aromatic heterocycles. The first-order valence-corrected chi connectivity index (χ1v) is 8.77. The summed E-state index contributed by atoms with van der Waals surface area (Å²) in [5.74, 6) is 0.526. The van der Waals surface area contributed by atoms with Crippen molar-refractivity contribution in [3.05, 3.63) is 66.7 Å². The van der Waals surface area contributed by atoms with Crippen LogP contribution in [0.4, 0.5) is 21.9 Å². The quantitative estimate of drug-likeness (QED) is 0.420. The van der Waals surface area contributed by atoms with Crippen LogP contribution in [0.25, 0.3) is 21.8 Å². The number of ether oxygens (including phenoxy) is 2. The third-order valence-corrected chi connectivity index (χ3v) is 4.48. The van der Waals surface area contributed by atoms with Crippen LogP contribution in [0.2, 0.25) is 0 Å². The average Bonchev–Trinajstić information content (AvgIpc) is 2.74. The van der Waals surface area contributed by atoms with Crippen LogP contribution in [0.3, 0.4) is 0 Å². The first-order chi connectivity index (χ1) is 13.7. The molecule has 0 aliphatic heterocycles. The van der Waals surface area contributed by atoms with Crippen molar-refractivity contribution in [2.75, 3.05) is 24.9 Å². The number of methoxy groups -OCH3 is 2. The smallest absolute Gasteiger partial charge is 0.411 e. The summed E-state index contributed by atoms with van der Waals surface area (Å²) in [6.07, 6.45) is -0.551. The number of benzene rings is 3. The van der Waals surface area contributed by atoms with Gasteiger partial charge in [0, 0.05) is 22.5 Å². The Balaban J connectivity index is 0.00000240. The molecule has 2 N–H and O–H groups in total. The van der Waals surface area contributed by atoms with Crippen LogP contribution < -0.4 is 15.4 Å². The van der Waals surface area contributed by atoms with Crippen molar-refractivity contribution in [1.29, 1.82) is 0 Å². The highest BCUT2D eigenvalue weighted by atomic mass is 35.5. The van der Waals surface area contributed by atoms with Gasteiger partial charge in [0.05, 0.1) is 36.6 Å². The van der Waals surface area contributed by atoms with E-state index in [9.17, 15) is 4.79 Å². The van der Waals surface area contributed by atoms with Gasteiger partial charge in [0.1, 0.15) is 5.75 Å². The summed E-state index contributed by atoms with van der Waals surface area (Å²) in [7, 11) is 2.87. The van der Waals surface area contributed by atoms with Gasteiger partial charge >= 0.3 is 6.09 Å². The van der Waals surface area contributed by atoms with Crippen LogP contribution in [0, 0.1) is 0 Å². The third kappa shape index (κ3) is 4.02. The van der Waals surface area contributed by atoms with E-state index in [1.165, 1.54) is 7.11 Å². The second kappa shape index (κ2) is 8.67. The van der Waals surface area contributed by atoms with E-state index in [4.69, 9.17) is 9.72 Å². The van der Waals surface area contributed by atoms with Gasteiger partial charge < -0.3 is 14.8 Å². The molecule has 3 aromatic carbocycles. The Bertz CT molecular complexity index is 1130. The number of aromatic nitrogens is 1. The number of pyridine rings is 1. The van der Waals surface area contributed by atoms with Crippen molar-refractivity contribution < 1.29 is 14.3 Å². The van der Waals surface area contributed by atoms with E-state index in [1.54, 1.807) is 13.2 Å². The van der Waals surface area contributed by atoms with Gasteiger partial charge in [-0.2, -0.15) is 0 Å². The number of hydrogen-bond donors (Lipinski definition) is 2. The summed E-state index contributed by atoms with van der Waals surface area (Å²) >= 11 is 0. The van der Waals surface area contributed by atoms with Crippen molar-refractivity contribution in [3.63, 3.8) is 0 Å². The van der Waals surface area contributed by atoms with Gasteiger partial charge in [0.15, 0.2) is 0 Å². The molecule has 7 heteroatoms. The number of nitrogens with zero attached hydrogens (tertiary/aromatic N) is 1. The van der Waals surface area contributed by atoms with Crippen molar-refractivity contribution in [2.45, 2.75) is 0 Å². The molecule has 4 rings (SSSR count). The van der Waals surface area contributed by atoms with Crippen LogP contribution in [0.1, 0.15) is 0 Å². The van der Waals surface area contributed by atoms with Gasteiger partial charge in [-0.25, -0.2) is 9.78 Å². The lowest BCUT2D eigenvalue weighted by Crippen LogP contribution is -2.11. The van der Waals surface area contributed by atoms with Gasteiger partial charge in [-0.15, -0.1) is 12.4 Å². The highest BCUT2D eigenvalue weighted by Crippen LogP contribution is 2.35. The number of amides is 1. The Morgan fingerprint density at radius 2 is 1.52 bits per heavy atom. The van der Waals surface area contributed by atoms with E-state index in [2.05, 4.69) is 15.4 Å². The van der Waals surface area contributed by atoms with E-state index in [0.29, 0.717) is 11.4 Å². The Kier molecular flexibility index (Phi) is 6.04. The molecule has 0 spiro atoms. The zero-order valence-corrected chi connectivity index (χ0v) is 16.7. The average molecular weight is 410 g/mol. The van der Waals surface area contributed by atoms with Crippen molar-refractivity contribution in [1.82, 2.24) is 4.98 Å². The van der Waals surface area contributed by atoms with E-state index < -0.39 is 6.09 Å². The molecular formula is C22H20ClN3O3. The molecule has 148 valence electrons. The number of fused-ring (bicyclic) bond motifs is 2. The molecule has 0 saturated heterocycles. The SMILES string of the molecule is COC(=O)Nc1ccc(Nc2c3ccccc3nc3ccccc23)cc1OC.Cl. The fraction of sp³-hybridized carbons (Fsp3) is 0.0909. The first-order valence-electron chi connectivity index (χ1n) is 8.77. The normalized spacial score (nSPS) is 10.3. The summed E-state index contributed by atoms with van der Waals surface area (Å²) in [5, 5.41) is 8.18. The van der Waals surface area contributed by atoms with Crippen molar-refractivity contribution in [2.24, 2.45) is 0 Å². The van der Waals surface area contributed by atoms with Crippen LogP contribution in [-0.2, 0) is 4.74 Å². The highest BCUT2D eigenvalue weighted by Gasteiger charge is 2.12. The predicted octanol–water partition coefficient (Wildman–Crippen LogP) is 5.74. The lowest BCUT2D eigenvalue weighted by atomic mass is 10.1. The maximum Gasteiger partial charge on any atom is 0.411 e. The van der Waals surface area contributed by atoms with Gasteiger partial charge in [0.25, 0.3) is 0 Å². The number of carbonyl (C=O) groups excluding carboxylic acids is 1. The molecule has 1 heterocycles. The molecule has 1 amide bonds. The van der Waals surface area contributed by atoms with E-state index in [0.717, 1.165) is 33.2 Å². The van der Waals surface area contributed by atoms with Gasteiger partial charge in [-0.1, -0.05) is 36.4 Å². The monoisotopic (exact) mass is 409 g/mol. The Labute approximate surface area is 174 Å². The Hall–Kier alpha value is -3.51. The van der Waals surface area contributed by atoms with Crippen LogP contribution >= 0.6 is 12.4 Å².